The minimum Gasteiger partial charge on any atom is -0.344 e. The van der Waals surface area contributed by atoms with Gasteiger partial charge in [-0.2, -0.15) is 13.2 Å². The predicted molar refractivity (Wildman–Crippen MR) is 66.7 cm³/mol. The molecule has 1 heterocycles. The van der Waals surface area contributed by atoms with Gasteiger partial charge in [-0.05, 0) is 19.2 Å². The first-order chi connectivity index (χ1) is 9.00. The van der Waals surface area contributed by atoms with Gasteiger partial charge in [-0.3, -0.25) is 0 Å². The summed E-state index contributed by atoms with van der Waals surface area (Å²) in [7, 11) is 1.83. The third-order valence-electron chi connectivity index (χ3n) is 2.73. The summed E-state index contributed by atoms with van der Waals surface area (Å²) in [5, 5.41) is 2.99. The zero-order chi connectivity index (χ0) is 13.9. The number of aromatic nitrogens is 2. The number of H-pyrrole nitrogens is 1. The van der Waals surface area contributed by atoms with Gasteiger partial charge in [-0.1, -0.05) is 12.1 Å². The van der Waals surface area contributed by atoms with Crippen molar-refractivity contribution in [3.63, 3.8) is 0 Å². The molecule has 0 saturated heterocycles. The highest BCUT2D eigenvalue weighted by atomic mass is 19.4. The molecule has 0 aliphatic rings. The van der Waals surface area contributed by atoms with Crippen LogP contribution in [0.25, 0.3) is 11.4 Å². The van der Waals surface area contributed by atoms with E-state index in [4.69, 9.17) is 0 Å². The smallest absolute Gasteiger partial charge is 0.344 e. The molecule has 0 aliphatic heterocycles. The number of benzene rings is 1. The van der Waals surface area contributed by atoms with Crippen LogP contribution < -0.4 is 5.32 Å². The Bertz CT molecular complexity index is 546. The maximum absolute atomic E-state index is 12.6. The number of alkyl halides is 3. The summed E-state index contributed by atoms with van der Waals surface area (Å²) in [6.07, 6.45) is -1.89. The van der Waals surface area contributed by atoms with E-state index in [1.807, 2.05) is 7.05 Å². The van der Waals surface area contributed by atoms with E-state index in [1.54, 1.807) is 12.3 Å². The van der Waals surface area contributed by atoms with E-state index >= 15 is 0 Å². The van der Waals surface area contributed by atoms with Gasteiger partial charge < -0.3 is 10.3 Å². The Balaban J connectivity index is 2.24. The molecule has 2 N–H and O–H groups in total. The van der Waals surface area contributed by atoms with Crippen molar-refractivity contribution in [2.75, 3.05) is 13.6 Å². The number of nitrogens with zero attached hydrogens (tertiary/aromatic N) is 1. The Hall–Kier alpha value is -1.82. The average molecular weight is 269 g/mol. The number of likely N-dealkylation sites (N-methyl/N-ethyl adjacent to an activating group) is 1. The quantitative estimate of drug-likeness (QED) is 0.896. The standard InChI is InChI=1S/C13H14F3N3/c1-17-6-5-11-8-18-12(19-11)9-3-2-4-10(7-9)13(14,15)16/h2-4,7-8,17H,5-6H2,1H3,(H,18,19). The van der Waals surface area contributed by atoms with Crippen molar-refractivity contribution in [3.8, 4) is 11.4 Å². The van der Waals surface area contributed by atoms with E-state index in [0.717, 1.165) is 30.8 Å². The number of imidazole rings is 1. The second-order valence-corrected chi connectivity index (χ2v) is 4.17. The monoisotopic (exact) mass is 269 g/mol. The van der Waals surface area contributed by atoms with Crippen LogP contribution in [0.5, 0.6) is 0 Å². The van der Waals surface area contributed by atoms with Gasteiger partial charge in [0.25, 0.3) is 0 Å². The molecule has 0 atom stereocenters. The van der Waals surface area contributed by atoms with Crippen molar-refractivity contribution in [1.29, 1.82) is 0 Å². The van der Waals surface area contributed by atoms with E-state index in [-0.39, 0.29) is 0 Å². The average Bonchev–Trinajstić information content (AvgIpc) is 2.84. The molecule has 1 aromatic heterocycles. The molecule has 6 heteroatoms. The van der Waals surface area contributed by atoms with Crippen molar-refractivity contribution in [1.82, 2.24) is 15.3 Å². The first kappa shape index (κ1) is 13.6. The van der Waals surface area contributed by atoms with Gasteiger partial charge >= 0.3 is 6.18 Å². The van der Waals surface area contributed by atoms with Crippen molar-refractivity contribution < 1.29 is 13.2 Å². The summed E-state index contributed by atoms with van der Waals surface area (Å²) in [5.41, 5.74) is 0.588. The van der Waals surface area contributed by atoms with E-state index in [2.05, 4.69) is 15.3 Å². The summed E-state index contributed by atoms with van der Waals surface area (Å²) in [4.78, 5) is 7.18. The molecule has 0 radical (unpaired) electrons. The first-order valence-electron chi connectivity index (χ1n) is 5.87. The molecule has 2 aromatic rings. The van der Waals surface area contributed by atoms with Gasteiger partial charge in [-0.25, -0.2) is 4.98 Å². The third kappa shape index (κ3) is 3.35. The molecule has 2 rings (SSSR count). The molecular formula is C13H14F3N3. The third-order valence-corrected chi connectivity index (χ3v) is 2.73. The summed E-state index contributed by atoms with van der Waals surface area (Å²) in [6, 6.07) is 5.14. The second kappa shape index (κ2) is 5.44. The Kier molecular flexibility index (Phi) is 3.90. The maximum Gasteiger partial charge on any atom is 0.416 e. The van der Waals surface area contributed by atoms with Gasteiger partial charge in [0, 0.05) is 24.7 Å². The molecule has 0 aliphatic carbocycles. The van der Waals surface area contributed by atoms with Crippen LogP contribution in [0.3, 0.4) is 0 Å². The molecule has 102 valence electrons. The lowest BCUT2D eigenvalue weighted by Crippen LogP contribution is -2.10. The Morgan fingerprint density at radius 1 is 1.32 bits per heavy atom. The SMILES string of the molecule is CNCCc1c[nH]c(-c2cccc(C(F)(F)F)c2)n1. The Labute approximate surface area is 108 Å². The molecule has 0 saturated carbocycles. The Morgan fingerprint density at radius 2 is 2.11 bits per heavy atom. The minimum absolute atomic E-state index is 0.436. The zero-order valence-electron chi connectivity index (χ0n) is 10.4. The fourth-order valence-corrected chi connectivity index (χ4v) is 1.73. The molecule has 19 heavy (non-hydrogen) atoms. The van der Waals surface area contributed by atoms with Gasteiger partial charge in [0.15, 0.2) is 0 Å². The molecule has 0 unspecified atom stereocenters. The predicted octanol–water partition coefficient (Wildman–Crippen LogP) is 2.86. The van der Waals surface area contributed by atoms with E-state index in [0.29, 0.717) is 11.4 Å². The summed E-state index contributed by atoms with van der Waals surface area (Å²) in [6.45, 7) is 0.771. The minimum atomic E-state index is -4.34. The summed E-state index contributed by atoms with van der Waals surface area (Å²) < 4.78 is 37.8. The van der Waals surface area contributed by atoms with Crippen LogP contribution >= 0.6 is 0 Å². The molecule has 0 amide bonds. The first-order valence-corrected chi connectivity index (χ1v) is 5.87. The van der Waals surface area contributed by atoms with Crippen molar-refractivity contribution in [2.24, 2.45) is 0 Å². The van der Waals surface area contributed by atoms with Crippen LogP contribution in [-0.2, 0) is 12.6 Å². The lowest BCUT2D eigenvalue weighted by atomic mass is 10.1. The largest absolute Gasteiger partial charge is 0.416 e. The van der Waals surface area contributed by atoms with Crippen LogP contribution in [-0.4, -0.2) is 23.6 Å². The van der Waals surface area contributed by atoms with Gasteiger partial charge in [0.2, 0.25) is 0 Å². The Morgan fingerprint density at radius 3 is 2.79 bits per heavy atom. The van der Waals surface area contributed by atoms with Gasteiger partial charge in [-0.15, -0.1) is 0 Å². The van der Waals surface area contributed by atoms with Crippen LogP contribution in [0, 0.1) is 0 Å². The number of aromatic amines is 1. The van der Waals surface area contributed by atoms with E-state index in [1.165, 1.54) is 6.07 Å². The highest BCUT2D eigenvalue weighted by Gasteiger charge is 2.30. The number of rotatable bonds is 4. The van der Waals surface area contributed by atoms with Crippen molar-refractivity contribution >= 4 is 0 Å². The fourth-order valence-electron chi connectivity index (χ4n) is 1.73. The maximum atomic E-state index is 12.6. The van der Waals surface area contributed by atoms with Gasteiger partial charge in [0.05, 0.1) is 11.3 Å². The topological polar surface area (TPSA) is 40.7 Å². The summed E-state index contributed by atoms with van der Waals surface area (Å²) in [5.74, 6) is 0.456. The number of nitrogens with one attached hydrogen (secondary N) is 2. The summed E-state index contributed by atoms with van der Waals surface area (Å²) >= 11 is 0. The van der Waals surface area contributed by atoms with Crippen molar-refractivity contribution in [3.05, 3.63) is 41.7 Å². The van der Waals surface area contributed by atoms with E-state index < -0.39 is 11.7 Å². The molecule has 0 fully saturated rings. The van der Waals surface area contributed by atoms with Crippen molar-refractivity contribution in [2.45, 2.75) is 12.6 Å². The number of hydrogen-bond acceptors (Lipinski definition) is 2. The van der Waals surface area contributed by atoms with Crippen LogP contribution in [0.4, 0.5) is 13.2 Å². The highest BCUT2D eigenvalue weighted by molar-refractivity contribution is 5.56. The molecule has 0 spiro atoms. The highest BCUT2D eigenvalue weighted by Crippen LogP contribution is 2.31. The number of hydrogen-bond donors (Lipinski definition) is 2. The second-order valence-electron chi connectivity index (χ2n) is 4.17. The fraction of sp³-hybridized carbons (Fsp3) is 0.308. The number of halogens is 3. The van der Waals surface area contributed by atoms with E-state index in [9.17, 15) is 13.2 Å². The zero-order valence-corrected chi connectivity index (χ0v) is 10.4. The molecule has 1 aromatic carbocycles. The lowest BCUT2D eigenvalue weighted by molar-refractivity contribution is -0.137. The lowest BCUT2D eigenvalue weighted by Gasteiger charge is -2.07. The molecular weight excluding hydrogens is 255 g/mol. The molecule has 0 bridgehead atoms. The van der Waals surface area contributed by atoms with Crippen LogP contribution in [0.2, 0.25) is 0 Å². The van der Waals surface area contributed by atoms with Gasteiger partial charge in [0.1, 0.15) is 5.82 Å². The molecule has 3 nitrogen and oxygen atoms in total. The van der Waals surface area contributed by atoms with Crippen LogP contribution in [0.15, 0.2) is 30.5 Å². The normalized spacial score (nSPS) is 11.8. The van der Waals surface area contributed by atoms with Crippen LogP contribution in [0.1, 0.15) is 11.3 Å².